The van der Waals surface area contributed by atoms with Gasteiger partial charge in [-0.05, 0) is 43.2 Å². The van der Waals surface area contributed by atoms with E-state index in [0.29, 0.717) is 29.1 Å². The molecule has 8 nitrogen and oxygen atoms in total. The Balaban J connectivity index is 0.000000638. The third-order valence-electron chi connectivity index (χ3n) is 4.55. The summed E-state index contributed by atoms with van der Waals surface area (Å²) < 4.78 is 59.0. The number of rotatable bonds is 10. The summed E-state index contributed by atoms with van der Waals surface area (Å²) in [6, 6.07) is 9.30. The Labute approximate surface area is 221 Å². The van der Waals surface area contributed by atoms with Crippen LogP contribution in [-0.2, 0) is 14.4 Å². The summed E-state index contributed by atoms with van der Waals surface area (Å²) in [5.41, 5.74) is 6.36. The number of amides is 2. The van der Waals surface area contributed by atoms with Gasteiger partial charge in [0.25, 0.3) is 0 Å². The SMILES string of the molecule is Nc1ccc(SCC(=O)NCCCCCC(=O)Nc2nc3c(F)cc(F)cc3s2)cc1.O=C(O)C(F)(F)F. The molecule has 1 heterocycles. The highest BCUT2D eigenvalue weighted by atomic mass is 32.2. The van der Waals surface area contributed by atoms with Gasteiger partial charge < -0.3 is 21.5 Å². The number of carboxylic acid groups (broad SMARTS) is 1. The second kappa shape index (κ2) is 14.5. The quantitative estimate of drug-likeness (QED) is 0.112. The van der Waals surface area contributed by atoms with Crippen molar-refractivity contribution >= 4 is 61.9 Å². The topological polar surface area (TPSA) is 134 Å². The van der Waals surface area contributed by atoms with Crippen LogP contribution in [0.4, 0.5) is 32.8 Å². The standard InChI is InChI=1S/C21H22F2N4O2S2.C2HF3O2/c22-13-10-16(23)20-17(11-13)31-21(27-20)26-18(28)4-2-1-3-9-25-19(29)12-30-15-7-5-14(24)6-8-15;3-2(4,5)1(6)7/h5-8,10-11H,1-4,9,12,24H2,(H,25,29)(H,26,27,28);(H,6,7). The van der Waals surface area contributed by atoms with Crippen molar-refractivity contribution in [2.24, 2.45) is 0 Å². The molecule has 0 aliphatic heterocycles. The minimum Gasteiger partial charge on any atom is -0.475 e. The zero-order valence-electron chi connectivity index (χ0n) is 19.6. The van der Waals surface area contributed by atoms with Crippen LogP contribution >= 0.6 is 23.1 Å². The molecule has 0 atom stereocenters. The normalized spacial score (nSPS) is 11.0. The zero-order chi connectivity index (χ0) is 28.3. The first-order valence-electron chi connectivity index (χ1n) is 11.0. The number of hydrogen-bond donors (Lipinski definition) is 4. The summed E-state index contributed by atoms with van der Waals surface area (Å²) in [7, 11) is 0. The predicted molar refractivity (Wildman–Crippen MR) is 135 cm³/mol. The van der Waals surface area contributed by atoms with Crippen molar-refractivity contribution in [2.75, 3.05) is 23.3 Å². The van der Waals surface area contributed by atoms with Crippen LogP contribution in [-0.4, -0.2) is 46.3 Å². The number of carbonyl (C=O) groups excluding carboxylic acids is 2. The van der Waals surface area contributed by atoms with Gasteiger partial charge in [0.15, 0.2) is 10.9 Å². The number of unbranched alkanes of at least 4 members (excludes halogenated alkanes) is 2. The van der Waals surface area contributed by atoms with Crippen molar-refractivity contribution in [1.82, 2.24) is 10.3 Å². The highest BCUT2D eigenvalue weighted by molar-refractivity contribution is 8.00. The molecule has 0 saturated heterocycles. The van der Waals surface area contributed by atoms with Gasteiger partial charge in [-0.25, -0.2) is 18.6 Å². The van der Waals surface area contributed by atoms with Crippen molar-refractivity contribution in [2.45, 2.75) is 36.8 Å². The number of thiazole rings is 1. The van der Waals surface area contributed by atoms with Gasteiger partial charge in [-0.3, -0.25) is 9.59 Å². The van der Waals surface area contributed by atoms with E-state index in [2.05, 4.69) is 15.6 Å². The van der Waals surface area contributed by atoms with Gasteiger partial charge in [0.05, 0.1) is 10.5 Å². The highest BCUT2D eigenvalue weighted by Crippen LogP contribution is 2.28. The van der Waals surface area contributed by atoms with Crippen molar-refractivity contribution in [3.8, 4) is 0 Å². The van der Waals surface area contributed by atoms with E-state index in [1.807, 2.05) is 12.1 Å². The Morgan fingerprint density at radius 1 is 1.03 bits per heavy atom. The van der Waals surface area contributed by atoms with Gasteiger partial charge in [0.2, 0.25) is 11.8 Å². The van der Waals surface area contributed by atoms with Crippen molar-refractivity contribution in [3.63, 3.8) is 0 Å². The summed E-state index contributed by atoms with van der Waals surface area (Å²) in [6.45, 7) is 0.547. The molecule has 2 aromatic carbocycles. The number of thioether (sulfide) groups is 1. The lowest BCUT2D eigenvalue weighted by Gasteiger charge is -2.06. The van der Waals surface area contributed by atoms with Gasteiger partial charge >= 0.3 is 12.1 Å². The lowest BCUT2D eigenvalue weighted by atomic mass is 10.2. The number of alkyl halides is 3. The Bertz CT molecular complexity index is 1250. The van der Waals surface area contributed by atoms with Crippen LogP contribution in [0.15, 0.2) is 41.3 Å². The van der Waals surface area contributed by atoms with Crippen LogP contribution in [0, 0.1) is 11.6 Å². The number of carboxylic acids is 1. The molecule has 5 N–H and O–H groups in total. The summed E-state index contributed by atoms with van der Waals surface area (Å²) in [5, 5.41) is 12.9. The van der Waals surface area contributed by atoms with Crippen LogP contribution in [0.25, 0.3) is 10.2 Å². The number of fused-ring (bicyclic) bond motifs is 1. The smallest absolute Gasteiger partial charge is 0.475 e. The highest BCUT2D eigenvalue weighted by Gasteiger charge is 2.38. The van der Waals surface area contributed by atoms with Gasteiger partial charge in [-0.1, -0.05) is 17.8 Å². The summed E-state index contributed by atoms with van der Waals surface area (Å²) >= 11 is 2.47. The second-order valence-electron chi connectivity index (χ2n) is 7.62. The fourth-order valence-electron chi connectivity index (χ4n) is 2.77. The number of aromatic nitrogens is 1. The fourth-order valence-corrected chi connectivity index (χ4v) is 4.42. The number of nitrogen functional groups attached to an aromatic ring is 1. The first kappa shape index (κ1) is 30.8. The maximum Gasteiger partial charge on any atom is 0.490 e. The first-order chi connectivity index (χ1) is 17.8. The van der Waals surface area contributed by atoms with Gasteiger partial charge in [0.1, 0.15) is 11.3 Å². The number of benzene rings is 2. The van der Waals surface area contributed by atoms with Gasteiger partial charge in [-0.2, -0.15) is 13.2 Å². The van der Waals surface area contributed by atoms with E-state index in [4.69, 9.17) is 15.6 Å². The maximum absolute atomic E-state index is 13.7. The molecule has 206 valence electrons. The lowest BCUT2D eigenvalue weighted by Crippen LogP contribution is -2.26. The Morgan fingerprint density at radius 3 is 2.32 bits per heavy atom. The van der Waals surface area contributed by atoms with E-state index in [9.17, 15) is 31.5 Å². The molecule has 15 heteroatoms. The fraction of sp³-hybridized carbons (Fsp3) is 0.304. The minimum absolute atomic E-state index is 0.0425. The molecule has 3 rings (SSSR count). The monoisotopic (exact) mass is 578 g/mol. The third-order valence-corrected chi connectivity index (χ3v) is 6.48. The maximum atomic E-state index is 13.7. The van der Waals surface area contributed by atoms with E-state index in [1.165, 1.54) is 17.8 Å². The molecule has 3 aromatic rings. The van der Waals surface area contributed by atoms with E-state index in [1.54, 1.807) is 12.1 Å². The first-order valence-corrected chi connectivity index (χ1v) is 12.8. The van der Waals surface area contributed by atoms with E-state index in [0.717, 1.165) is 35.1 Å². The molecule has 1 aromatic heterocycles. The molecule has 0 aliphatic carbocycles. The Hall–Kier alpha value is -3.46. The number of carbonyl (C=O) groups is 3. The van der Waals surface area contributed by atoms with E-state index < -0.39 is 23.8 Å². The summed E-state index contributed by atoms with van der Waals surface area (Å²) in [5.74, 6) is -4.13. The van der Waals surface area contributed by atoms with E-state index in [-0.39, 0.29) is 28.9 Å². The second-order valence-corrected chi connectivity index (χ2v) is 9.70. The van der Waals surface area contributed by atoms with Crippen molar-refractivity contribution in [3.05, 3.63) is 48.0 Å². The molecule has 0 fully saturated rings. The third kappa shape index (κ3) is 10.9. The number of hydrogen-bond acceptors (Lipinski definition) is 7. The number of halogens is 5. The lowest BCUT2D eigenvalue weighted by molar-refractivity contribution is -0.192. The number of anilines is 2. The molecule has 2 amide bonds. The number of aliphatic carboxylic acids is 1. The largest absolute Gasteiger partial charge is 0.490 e. The average molecular weight is 579 g/mol. The molecular weight excluding hydrogens is 555 g/mol. The van der Waals surface area contributed by atoms with Gasteiger partial charge in [0, 0.05) is 29.6 Å². The summed E-state index contributed by atoms with van der Waals surface area (Å²) in [6.07, 6.45) is -2.61. The number of nitrogens with one attached hydrogen (secondary N) is 2. The molecular formula is C23H23F5N4O4S2. The predicted octanol–water partition coefficient (Wildman–Crippen LogP) is 5.20. The molecule has 0 unspecified atom stereocenters. The van der Waals surface area contributed by atoms with Crippen LogP contribution in [0.1, 0.15) is 25.7 Å². The summed E-state index contributed by atoms with van der Waals surface area (Å²) in [4.78, 5) is 37.8. The van der Waals surface area contributed by atoms with Crippen LogP contribution in [0.5, 0.6) is 0 Å². The number of nitrogens with zero attached hydrogens (tertiary/aromatic N) is 1. The van der Waals surface area contributed by atoms with Crippen LogP contribution in [0.3, 0.4) is 0 Å². The minimum atomic E-state index is -5.08. The number of nitrogens with two attached hydrogens (primary N) is 1. The molecule has 0 saturated carbocycles. The molecule has 0 spiro atoms. The average Bonchev–Trinajstić information content (AvgIpc) is 3.23. The molecule has 0 bridgehead atoms. The Morgan fingerprint density at radius 2 is 1.68 bits per heavy atom. The molecule has 0 aliphatic rings. The van der Waals surface area contributed by atoms with Crippen molar-refractivity contribution < 1.29 is 41.4 Å². The molecule has 0 radical (unpaired) electrons. The zero-order valence-corrected chi connectivity index (χ0v) is 21.2. The van der Waals surface area contributed by atoms with Gasteiger partial charge in [-0.15, -0.1) is 11.8 Å². The Kier molecular flexibility index (Phi) is 11.7. The van der Waals surface area contributed by atoms with Crippen molar-refractivity contribution in [1.29, 1.82) is 0 Å². The van der Waals surface area contributed by atoms with Crippen LogP contribution in [0.2, 0.25) is 0 Å². The van der Waals surface area contributed by atoms with E-state index >= 15 is 0 Å². The molecule has 38 heavy (non-hydrogen) atoms. The van der Waals surface area contributed by atoms with Crippen LogP contribution < -0.4 is 16.4 Å².